The lowest BCUT2D eigenvalue weighted by molar-refractivity contribution is 0.197. The first-order valence-corrected chi connectivity index (χ1v) is 8.50. The minimum Gasteiger partial charge on any atom is -0.385 e. The summed E-state index contributed by atoms with van der Waals surface area (Å²) in [6.07, 6.45) is 1.86. The maximum atomic E-state index is 5.03. The molecular formula is C15H29IN4OS. The van der Waals surface area contributed by atoms with Crippen molar-refractivity contribution in [2.75, 3.05) is 33.4 Å². The Morgan fingerprint density at radius 2 is 2.18 bits per heavy atom. The van der Waals surface area contributed by atoms with Gasteiger partial charge in [0, 0.05) is 51.1 Å². The van der Waals surface area contributed by atoms with Gasteiger partial charge in [-0.25, -0.2) is 4.98 Å². The van der Waals surface area contributed by atoms with Gasteiger partial charge in [0.1, 0.15) is 0 Å². The number of thiazole rings is 1. The van der Waals surface area contributed by atoms with Crippen LogP contribution in [0.5, 0.6) is 0 Å². The van der Waals surface area contributed by atoms with Crippen LogP contribution in [-0.2, 0) is 11.2 Å². The Kier molecular flexibility index (Phi) is 12.8. The number of halogens is 1. The molecule has 0 atom stereocenters. The topological polar surface area (TPSA) is 58.5 Å². The molecule has 2 N–H and O–H groups in total. The third-order valence-corrected chi connectivity index (χ3v) is 4.05. The molecular weight excluding hydrogens is 411 g/mol. The first-order valence-electron chi connectivity index (χ1n) is 7.62. The number of rotatable bonds is 9. The zero-order valence-corrected chi connectivity index (χ0v) is 17.2. The summed E-state index contributed by atoms with van der Waals surface area (Å²) in [6.45, 7) is 9.66. The van der Waals surface area contributed by atoms with Crippen molar-refractivity contribution in [3.63, 3.8) is 0 Å². The highest BCUT2D eigenvalue weighted by molar-refractivity contribution is 14.0. The number of hydrogen-bond donors (Lipinski definition) is 2. The summed E-state index contributed by atoms with van der Waals surface area (Å²) in [5.41, 5.74) is 1.16. The summed E-state index contributed by atoms with van der Waals surface area (Å²) >= 11 is 1.75. The van der Waals surface area contributed by atoms with Crippen LogP contribution in [0, 0.1) is 0 Å². The van der Waals surface area contributed by atoms with Crippen LogP contribution in [0.2, 0.25) is 0 Å². The van der Waals surface area contributed by atoms with Crippen molar-refractivity contribution in [1.29, 1.82) is 0 Å². The SMILES string of the molecule is CCNC(=NCCCOC)NCCc1csc(C(C)C)n1.I. The molecule has 0 unspecified atom stereocenters. The van der Waals surface area contributed by atoms with E-state index < -0.39 is 0 Å². The van der Waals surface area contributed by atoms with Crippen LogP contribution in [-0.4, -0.2) is 44.3 Å². The van der Waals surface area contributed by atoms with Crippen LogP contribution in [0.3, 0.4) is 0 Å². The normalized spacial score (nSPS) is 11.4. The quantitative estimate of drug-likeness (QED) is 0.268. The average Bonchev–Trinajstić information content (AvgIpc) is 2.92. The fraction of sp³-hybridized carbons (Fsp3) is 0.733. The van der Waals surface area contributed by atoms with E-state index in [1.54, 1.807) is 18.4 Å². The first kappa shape index (κ1) is 21.6. The number of ether oxygens (including phenoxy) is 1. The lowest BCUT2D eigenvalue weighted by Gasteiger charge is -2.10. The van der Waals surface area contributed by atoms with Crippen LogP contribution >= 0.6 is 35.3 Å². The Bertz CT molecular complexity index is 423. The minimum atomic E-state index is 0. The molecule has 0 saturated carbocycles. The Hall–Kier alpha value is -0.410. The Morgan fingerprint density at radius 3 is 2.77 bits per heavy atom. The number of guanidine groups is 1. The number of nitrogens with zero attached hydrogens (tertiary/aromatic N) is 2. The molecule has 0 saturated heterocycles. The molecule has 0 aliphatic heterocycles. The molecule has 7 heteroatoms. The molecule has 0 amide bonds. The van der Waals surface area contributed by atoms with E-state index in [4.69, 9.17) is 4.74 Å². The number of aliphatic imine (C=N–C) groups is 1. The first-order chi connectivity index (χ1) is 10.2. The van der Waals surface area contributed by atoms with Crippen LogP contribution in [0.4, 0.5) is 0 Å². The van der Waals surface area contributed by atoms with Crippen molar-refractivity contribution in [3.8, 4) is 0 Å². The van der Waals surface area contributed by atoms with Crippen molar-refractivity contribution in [2.24, 2.45) is 4.99 Å². The maximum Gasteiger partial charge on any atom is 0.191 e. The highest BCUT2D eigenvalue weighted by Gasteiger charge is 2.05. The standard InChI is InChI=1S/C15H28N4OS.HI/c1-5-16-15(17-8-6-10-20-4)18-9-7-13-11-21-14(19-13)12(2)3;/h11-12H,5-10H2,1-4H3,(H2,16,17,18);1H. The molecule has 5 nitrogen and oxygen atoms in total. The van der Waals surface area contributed by atoms with Gasteiger partial charge in [-0.05, 0) is 13.3 Å². The lowest BCUT2D eigenvalue weighted by Crippen LogP contribution is -2.38. The molecule has 0 bridgehead atoms. The smallest absolute Gasteiger partial charge is 0.191 e. The molecule has 1 heterocycles. The van der Waals surface area contributed by atoms with Crippen molar-refractivity contribution in [2.45, 2.75) is 39.5 Å². The van der Waals surface area contributed by atoms with Gasteiger partial charge in [-0.2, -0.15) is 0 Å². The van der Waals surface area contributed by atoms with Gasteiger partial charge in [0.05, 0.1) is 10.7 Å². The number of aromatic nitrogens is 1. The molecule has 0 fully saturated rings. The largest absolute Gasteiger partial charge is 0.385 e. The third-order valence-electron chi connectivity index (χ3n) is 2.86. The zero-order valence-electron chi connectivity index (χ0n) is 14.0. The van der Waals surface area contributed by atoms with Crippen molar-refractivity contribution >= 4 is 41.3 Å². The van der Waals surface area contributed by atoms with Gasteiger partial charge in [-0.1, -0.05) is 13.8 Å². The fourth-order valence-corrected chi connectivity index (χ4v) is 2.62. The van der Waals surface area contributed by atoms with E-state index in [0.29, 0.717) is 5.92 Å². The van der Waals surface area contributed by atoms with E-state index in [-0.39, 0.29) is 24.0 Å². The summed E-state index contributed by atoms with van der Waals surface area (Å²) in [6, 6.07) is 0. The van der Waals surface area contributed by atoms with E-state index >= 15 is 0 Å². The lowest BCUT2D eigenvalue weighted by atomic mass is 10.2. The number of hydrogen-bond acceptors (Lipinski definition) is 4. The van der Waals surface area contributed by atoms with Gasteiger partial charge >= 0.3 is 0 Å². The Morgan fingerprint density at radius 1 is 1.41 bits per heavy atom. The van der Waals surface area contributed by atoms with Crippen LogP contribution in [0.1, 0.15) is 43.8 Å². The summed E-state index contributed by atoms with van der Waals surface area (Å²) in [5.74, 6) is 1.38. The molecule has 1 rings (SSSR count). The van der Waals surface area contributed by atoms with Crippen molar-refractivity contribution in [1.82, 2.24) is 15.6 Å². The monoisotopic (exact) mass is 440 g/mol. The number of methoxy groups -OCH3 is 1. The summed E-state index contributed by atoms with van der Waals surface area (Å²) in [7, 11) is 1.71. The number of nitrogens with one attached hydrogen (secondary N) is 2. The highest BCUT2D eigenvalue weighted by Crippen LogP contribution is 2.19. The molecule has 128 valence electrons. The van der Waals surface area contributed by atoms with Gasteiger partial charge in [0.25, 0.3) is 0 Å². The van der Waals surface area contributed by atoms with Gasteiger partial charge in [0.15, 0.2) is 5.96 Å². The van der Waals surface area contributed by atoms with E-state index in [9.17, 15) is 0 Å². The van der Waals surface area contributed by atoms with Gasteiger partial charge < -0.3 is 15.4 Å². The highest BCUT2D eigenvalue weighted by atomic mass is 127. The molecule has 22 heavy (non-hydrogen) atoms. The fourth-order valence-electron chi connectivity index (χ4n) is 1.75. The summed E-state index contributed by atoms with van der Waals surface area (Å²) < 4.78 is 5.03. The third kappa shape index (κ3) is 8.89. The average molecular weight is 440 g/mol. The van der Waals surface area contributed by atoms with Gasteiger partial charge in [-0.15, -0.1) is 35.3 Å². The molecule has 0 aliphatic rings. The predicted octanol–water partition coefficient (Wildman–Crippen LogP) is 3.02. The molecule has 1 aromatic rings. The van der Waals surface area contributed by atoms with E-state index in [2.05, 4.69) is 46.8 Å². The van der Waals surface area contributed by atoms with Crippen LogP contribution < -0.4 is 10.6 Å². The molecule has 0 radical (unpaired) electrons. The van der Waals surface area contributed by atoms with E-state index in [1.807, 2.05) is 0 Å². The van der Waals surface area contributed by atoms with E-state index in [0.717, 1.165) is 50.7 Å². The predicted molar refractivity (Wildman–Crippen MR) is 106 cm³/mol. The molecule has 0 aromatic carbocycles. The second kappa shape index (κ2) is 13.1. The van der Waals surface area contributed by atoms with Gasteiger partial charge in [-0.3, -0.25) is 4.99 Å². The van der Waals surface area contributed by atoms with E-state index in [1.165, 1.54) is 5.01 Å². The van der Waals surface area contributed by atoms with Crippen LogP contribution in [0.25, 0.3) is 0 Å². The van der Waals surface area contributed by atoms with Crippen molar-refractivity contribution < 1.29 is 4.74 Å². The molecule has 1 aromatic heterocycles. The summed E-state index contributed by atoms with van der Waals surface area (Å²) in [5, 5.41) is 9.96. The van der Waals surface area contributed by atoms with Crippen molar-refractivity contribution in [3.05, 3.63) is 16.1 Å². The Balaban J connectivity index is 0.00000441. The minimum absolute atomic E-state index is 0. The van der Waals surface area contributed by atoms with Gasteiger partial charge in [0.2, 0.25) is 0 Å². The zero-order chi connectivity index (χ0) is 15.5. The second-order valence-corrected chi connectivity index (χ2v) is 6.01. The molecule has 0 aliphatic carbocycles. The van der Waals surface area contributed by atoms with Crippen LogP contribution in [0.15, 0.2) is 10.4 Å². The summed E-state index contributed by atoms with van der Waals surface area (Å²) in [4.78, 5) is 9.15. The second-order valence-electron chi connectivity index (χ2n) is 5.12. The molecule has 0 spiro atoms. The maximum absolute atomic E-state index is 5.03. The Labute approximate surface area is 155 Å².